The van der Waals surface area contributed by atoms with E-state index in [1.165, 1.54) is 28.8 Å². The number of hydrogen-bond acceptors (Lipinski definition) is 5. The molecule has 0 aliphatic carbocycles. The third-order valence-corrected chi connectivity index (χ3v) is 5.81. The first-order valence-corrected chi connectivity index (χ1v) is 10.2. The monoisotopic (exact) mass is 433 g/mol. The summed E-state index contributed by atoms with van der Waals surface area (Å²) in [4.78, 5) is 30.3. The van der Waals surface area contributed by atoms with E-state index in [9.17, 15) is 9.59 Å². The lowest BCUT2D eigenvalue weighted by molar-refractivity contribution is -0.121. The number of aromatic nitrogens is 1. The zero-order chi connectivity index (χ0) is 22.0. The van der Waals surface area contributed by atoms with Gasteiger partial charge in [-0.25, -0.2) is 9.79 Å². The van der Waals surface area contributed by atoms with E-state index >= 15 is 0 Å². The van der Waals surface area contributed by atoms with Gasteiger partial charge in [-0.3, -0.25) is 9.69 Å². The number of aromatic carboxylic acids is 1. The fraction of sp³-hybridized carbons (Fsp3) is 0.0870. The zero-order valence-corrected chi connectivity index (χ0v) is 17.7. The molecule has 2 aromatic carbocycles. The van der Waals surface area contributed by atoms with Crippen LogP contribution in [0.15, 0.2) is 76.8 Å². The van der Waals surface area contributed by atoms with Crippen molar-refractivity contribution >= 4 is 40.6 Å². The molecule has 0 unspecified atom stereocenters. The summed E-state index contributed by atoms with van der Waals surface area (Å²) in [5.41, 5.74) is 2.58. The predicted octanol–water partition coefficient (Wildman–Crippen LogP) is 4.42. The van der Waals surface area contributed by atoms with Gasteiger partial charge in [-0.1, -0.05) is 0 Å². The summed E-state index contributed by atoms with van der Waals surface area (Å²) in [5, 5.41) is 9.55. The van der Waals surface area contributed by atoms with Gasteiger partial charge in [-0.2, -0.15) is 0 Å². The highest BCUT2D eigenvalue weighted by Gasteiger charge is 2.30. The van der Waals surface area contributed by atoms with E-state index in [4.69, 9.17) is 9.84 Å². The number of carboxylic acids is 1. The third kappa shape index (κ3) is 4.24. The van der Waals surface area contributed by atoms with Crippen LogP contribution in [0.3, 0.4) is 0 Å². The molecule has 0 spiro atoms. The normalized spacial score (nSPS) is 16.3. The predicted molar refractivity (Wildman–Crippen MR) is 121 cm³/mol. The van der Waals surface area contributed by atoms with Gasteiger partial charge in [-0.05, 0) is 78.5 Å². The maximum atomic E-state index is 12.8. The smallest absolute Gasteiger partial charge is 0.335 e. The number of ether oxygens (including phenoxy) is 1. The highest BCUT2D eigenvalue weighted by atomic mass is 32.2. The summed E-state index contributed by atoms with van der Waals surface area (Å²) in [6.45, 7) is 0. The minimum atomic E-state index is -0.994. The van der Waals surface area contributed by atoms with Gasteiger partial charge in [0.2, 0.25) is 0 Å². The van der Waals surface area contributed by atoms with Gasteiger partial charge in [0, 0.05) is 24.6 Å². The molecule has 1 N–H and O–H groups in total. The molecule has 8 heteroatoms. The minimum Gasteiger partial charge on any atom is -0.497 e. The number of amides is 1. The third-order valence-electron chi connectivity index (χ3n) is 4.75. The number of amidine groups is 1. The molecule has 0 saturated carbocycles. The highest BCUT2D eigenvalue weighted by Crippen LogP contribution is 2.33. The molecule has 156 valence electrons. The molecule has 1 aliphatic heterocycles. The Morgan fingerprint density at radius 3 is 2.45 bits per heavy atom. The second-order valence-corrected chi connectivity index (χ2v) is 7.73. The van der Waals surface area contributed by atoms with E-state index < -0.39 is 5.97 Å². The SMILES string of the molecule is COc1ccc(-n2cccc2/C=C2\SC(=Nc3ccc(C(=O)O)cc3)N(C)C2=O)cc1. The van der Waals surface area contributed by atoms with E-state index in [0.717, 1.165) is 17.1 Å². The Morgan fingerprint density at radius 2 is 1.81 bits per heavy atom. The van der Waals surface area contributed by atoms with Crippen molar-refractivity contribution in [1.82, 2.24) is 9.47 Å². The summed E-state index contributed by atoms with van der Waals surface area (Å²) in [6, 6.07) is 17.7. The second-order valence-electron chi connectivity index (χ2n) is 6.72. The van der Waals surface area contributed by atoms with Crippen LogP contribution in [0, 0.1) is 0 Å². The molecule has 2 heterocycles. The molecule has 1 saturated heterocycles. The van der Waals surface area contributed by atoms with Crippen molar-refractivity contribution in [3.8, 4) is 11.4 Å². The summed E-state index contributed by atoms with van der Waals surface area (Å²) < 4.78 is 7.20. The molecular weight excluding hydrogens is 414 g/mol. The Balaban J connectivity index is 1.60. The van der Waals surface area contributed by atoms with Gasteiger partial charge in [0.05, 0.1) is 23.3 Å². The first-order chi connectivity index (χ1) is 15.0. The number of benzene rings is 2. The number of likely N-dealkylation sites (N-methyl/N-ethyl adjacent to an activating group) is 1. The maximum absolute atomic E-state index is 12.8. The summed E-state index contributed by atoms with van der Waals surface area (Å²) in [5.74, 6) is -0.364. The molecule has 0 bridgehead atoms. The Bertz CT molecular complexity index is 1190. The standard InChI is InChI=1S/C23H19N3O4S/c1-25-21(27)20(31-23(25)24-16-7-5-15(6-8-16)22(28)29)14-18-4-3-13-26(18)17-9-11-19(30-2)12-10-17/h3-14H,1-2H3,(H,28,29)/b20-14-,24-23?. The molecule has 1 aliphatic rings. The molecule has 0 atom stereocenters. The Hall–Kier alpha value is -3.78. The topological polar surface area (TPSA) is 84.1 Å². The quantitative estimate of drug-likeness (QED) is 0.602. The molecule has 4 rings (SSSR count). The van der Waals surface area contributed by atoms with Crippen LogP contribution >= 0.6 is 11.8 Å². The van der Waals surface area contributed by atoms with Gasteiger partial charge in [0.25, 0.3) is 5.91 Å². The molecular formula is C23H19N3O4S. The van der Waals surface area contributed by atoms with E-state index in [-0.39, 0.29) is 11.5 Å². The average molecular weight is 433 g/mol. The lowest BCUT2D eigenvalue weighted by atomic mass is 10.2. The second kappa shape index (κ2) is 8.53. The fourth-order valence-corrected chi connectivity index (χ4v) is 4.04. The summed E-state index contributed by atoms with van der Waals surface area (Å²) >= 11 is 1.28. The summed E-state index contributed by atoms with van der Waals surface area (Å²) in [6.07, 6.45) is 3.77. The van der Waals surface area contributed by atoms with Crippen LogP contribution in [0.2, 0.25) is 0 Å². The molecule has 0 radical (unpaired) electrons. The Kier molecular flexibility index (Phi) is 5.64. The first-order valence-electron chi connectivity index (χ1n) is 9.37. The highest BCUT2D eigenvalue weighted by molar-refractivity contribution is 8.18. The number of aliphatic imine (C=N–C) groups is 1. The van der Waals surface area contributed by atoms with Crippen LogP contribution in [0.25, 0.3) is 11.8 Å². The minimum absolute atomic E-state index is 0.145. The molecule has 31 heavy (non-hydrogen) atoms. The van der Waals surface area contributed by atoms with Gasteiger partial charge in [0.1, 0.15) is 5.75 Å². The maximum Gasteiger partial charge on any atom is 0.335 e. The van der Waals surface area contributed by atoms with Crippen LogP contribution in [0.5, 0.6) is 5.75 Å². The first kappa shape index (κ1) is 20.5. The van der Waals surface area contributed by atoms with E-state index in [2.05, 4.69) is 4.99 Å². The van der Waals surface area contributed by atoms with E-state index in [1.807, 2.05) is 53.2 Å². The Labute approximate surface area is 183 Å². The number of thioether (sulfide) groups is 1. The van der Waals surface area contributed by atoms with Crippen LogP contribution in [-0.2, 0) is 4.79 Å². The van der Waals surface area contributed by atoms with Crippen molar-refractivity contribution in [3.05, 3.63) is 83.0 Å². The number of rotatable bonds is 5. The van der Waals surface area contributed by atoms with Crippen molar-refractivity contribution in [2.75, 3.05) is 14.2 Å². The van der Waals surface area contributed by atoms with Gasteiger partial charge in [0.15, 0.2) is 5.17 Å². The summed E-state index contributed by atoms with van der Waals surface area (Å²) in [7, 11) is 3.29. The number of carbonyl (C=O) groups is 2. The van der Waals surface area contributed by atoms with Crippen molar-refractivity contribution in [2.24, 2.45) is 4.99 Å². The lowest BCUT2D eigenvalue weighted by Gasteiger charge is -2.08. The number of carboxylic acid groups (broad SMARTS) is 1. The fourth-order valence-electron chi connectivity index (χ4n) is 3.06. The van der Waals surface area contributed by atoms with E-state index in [1.54, 1.807) is 26.3 Å². The number of carbonyl (C=O) groups excluding carboxylic acids is 1. The molecule has 1 fully saturated rings. The molecule has 1 aromatic heterocycles. The molecule has 3 aromatic rings. The molecule has 7 nitrogen and oxygen atoms in total. The average Bonchev–Trinajstić information content (AvgIpc) is 3.35. The van der Waals surface area contributed by atoms with Crippen molar-refractivity contribution in [2.45, 2.75) is 0 Å². The van der Waals surface area contributed by atoms with Crippen molar-refractivity contribution in [3.63, 3.8) is 0 Å². The number of methoxy groups -OCH3 is 1. The van der Waals surface area contributed by atoms with Gasteiger partial charge in [-0.15, -0.1) is 0 Å². The number of nitrogens with zero attached hydrogens (tertiary/aromatic N) is 3. The van der Waals surface area contributed by atoms with E-state index in [0.29, 0.717) is 15.8 Å². The Morgan fingerprint density at radius 1 is 1.10 bits per heavy atom. The van der Waals surface area contributed by atoms with Crippen LogP contribution in [-0.4, -0.2) is 45.8 Å². The lowest BCUT2D eigenvalue weighted by Crippen LogP contribution is -2.23. The van der Waals surface area contributed by atoms with Crippen molar-refractivity contribution < 1.29 is 19.4 Å². The van der Waals surface area contributed by atoms with Gasteiger partial charge < -0.3 is 14.4 Å². The number of hydrogen-bond donors (Lipinski definition) is 1. The van der Waals surface area contributed by atoms with Crippen molar-refractivity contribution in [1.29, 1.82) is 0 Å². The van der Waals surface area contributed by atoms with Crippen LogP contribution in [0.1, 0.15) is 16.1 Å². The largest absolute Gasteiger partial charge is 0.497 e. The van der Waals surface area contributed by atoms with Crippen LogP contribution < -0.4 is 4.74 Å². The molecule has 1 amide bonds. The van der Waals surface area contributed by atoms with Gasteiger partial charge >= 0.3 is 5.97 Å². The zero-order valence-electron chi connectivity index (χ0n) is 16.9. The van der Waals surface area contributed by atoms with Crippen LogP contribution in [0.4, 0.5) is 5.69 Å².